The maximum absolute atomic E-state index is 2.30. The quantitative estimate of drug-likeness (QED) is 0.0872. The number of fused-ring (bicyclic) bond motifs is 2. The number of benzene rings is 2. The topological polar surface area (TPSA) is 7.76 Å². The second-order valence-electron chi connectivity index (χ2n) is 13.1. The Morgan fingerprint density at radius 2 is 0.696 bits per heavy atom. The fourth-order valence-corrected chi connectivity index (χ4v) is 6.58. The van der Waals surface area contributed by atoms with E-state index in [9.17, 15) is 0 Å². The summed E-state index contributed by atoms with van der Waals surface area (Å²) in [4.78, 5) is 0. The van der Waals surface area contributed by atoms with Gasteiger partial charge in [-0.3, -0.25) is 0 Å². The molecule has 4 heteroatoms. The van der Waals surface area contributed by atoms with Crippen molar-refractivity contribution in [3.8, 4) is 0 Å². The highest BCUT2D eigenvalue weighted by Gasteiger charge is 2.12. The normalized spacial score (nSPS) is 10.7. The first-order valence-corrected chi connectivity index (χ1v) is 18.4. The molecule has 256 valence electrons. The summed E-state index contributed by atoms with van der Waals surface area (Å²) in [5, 5.41) is 5.58. The molecule has 0 saturated heterocycles. The summed E-state index contributed by atoms with van der Waals surface area (Å²) >= 11 is 0. The van der Waals surface area contributed by atoms with Crippen LogP contribution in [0.1, 0.15) is 141 Å². The van der Waals surface area contributed by atoms with Crippen molar-refractivity contribution in [3.63, 3.8) is 0 Å². The maximum Gasteiger partial charge on any atom is 0.188 e. The standard InChI is InChI=1S/2C21H32N.2ClH/c2*1-3-4-5-6-7-8-9-10-11-16-21-20-15-13-12-14-19(20)17-18-22(21)2;;/h2*12-15,17-18H,3-11,16H2,1-2H3;2*1H/q2*+1;;/p-2. The lowest BCUT2D eigenvalue weighted by Crippen LogP contribution is -3.00. The van der Waals surface area contributed by atoms with E-state index in [1.807, 2.05) is 0 Å². The molecule has 0 fully saturated rings. The van der Waals surface area contributed by atoms with Crippen molar-refractivity contribution in [3.05, 3.63) is 84.4 Å². The molecule has 4 aromatic rings. The van der Waals surface area contributed by atoms with E-state index in [1.165, 1.54) is 161 Å². The van der Waals surface area contributed by atoms with Crippen molar-refractivity contribution in [2.75, 3.05) is 0 Å². The third-order valence-electron chi connectivity index (χ3n) is 9.38. The van der Waals surface area contributed by atoms with Crippen LogP contribution in [-0.2, 0) is 26.9 Å². The zero-order chi connectivity index (χ0) is 31.2. The molecule has 0 unspecified atom stereocenters. The molecule has 0 aliphatic rings. The SMILES string of the molecule is CCCCCCCCCCCc1c2ccccc2cc[n+]1C.CCCCCCCCCCCc1c2ccccc2cc[n+]1C.[Cl-].[Cl-]. The smallest absolute Gasteiger partial charge is 0.188 e. The van der Waals surface area contributed by atoms with Crippen molar-refractivity contribution < 1.29 is 33.9 Å². The summed E-state index contributed by atoms with van der Waals surface area (Å²) in [5.74, 6) is 0. The van der Waals surface area contributed by atoms with Crippen LogP contribution in [0.15, 0.2) is 73.1 Å². The molecule has 0 saturated carbocycles. The first-order valence-electron chi connectivity index (χ1n) is 18.4. The molecule has 0 amide bonds. The number of hydrogen-bond donors (Lipinski definition) is 0. The third-order valence-corrected chi connectivity index (χ3v) is 9.38. The van der Waals surface area contributed by atoms with E-state index in [2.05, 4.69) is 110 Å². The van der Waals surface area contributed by atoms with E-state index in [1.54, 1.807) is 0 Å². The van der Waals surface area contributed by atoms with Crippen molar-refractivity contribution in [2.45, 2.75) is 142 Å². The van der Waals surface area contributed by atoms with Crippen molar-refractivity contribution in [1.82, 2.24) is 0 Å². The number of aryl methyl sites for hydroxylation is 4. The molecular weight excluding hydrogens is 603 g/mol. The highest BCUT2D eigenvalue weighted by Crippen LogP contribution is 2.19. The van der Waals surface area contributed by atoms with Crippen LogP contribution in [0, 0.1) is 0 Å². The van der Waals surface area contributed by atoms with Gasteiger partial charge in [0.2, 0.25) is 0 Å². The van der Waals surface area contributed by atoms with Gasteiger partial charge in [0.15, 0.2) is 23.8 Å². The number of nitrogens with zero attached hydrogens (tertiary/aromatic N) is 2. The second-order valence-corrected chi connectivity index (χ2v) is 13.1. The van der Waals surface area contributed by atoms with Gasteiger partial charge in [-0.1, -0.05) is 153 Å². The van der Waals surface area contributed by atoms with Gasteiger partial charge in [0.1, 0.15) is 14.1 Å². The average Bonchev–Trinajstić information content (AvgIpc) is 3.05. The summed E-state index contributed by atoms with van der Waals surface area (Å²) in [6.07, 6.45) is 32.0. The van der Waals surface area contributed by atoms with Crippen molar-refractivity contribution in [2.24, 2.45) is 14.1 Å². The number of halogens is 2. The molecule has 0 aliphatic carbocycles. The lowest BCUT2D eigenvalue weighted by molar-refractivity contribution is -0.677. The Morgan fingerprint density at radius 3 is 1.04 bits per heavy atom. The number of pyridine rings is 2. The molecule has 0 bridgehead atoms. The van der Waals surface area contributed by atoms with Gasteiger partial charge in [-0.2, -0.15) is 0 Å². The third kappa shape index (κ3) is 15.2. The molecule has 0 atom stereocenters. The van der Waals surface area contributed by atoms with E-state index in [-0.39, 0.29) is 24.8 Å². The summed E-state index contributed by atoms with van der Waals surface area (Å²) in [6, 6.07) is 22.0. The molecule has 4 rings (SSSR count). The van der Waals surface area contributed by atoms with E-state index >= 15 is 0 Å². The van der Waals surface area contributed by atoms with Gasteiger partial charge in [0, 0.05) is 35.7 Å². The van der Waals surface area contributed by atoms with Gasteiger partial charge in [0.25, 0.3) is 0 Å². The zero-order valence-corrected chi connectivity index (χ0v) is 31.2. The van der Waals surface area contributed by atoms with Gasteiger partial charge in [-0.05, 0) is 35.7 Å². The lowest BCUT2D eigenvalue weighted by atomic mass is 10.0. The van der Waals surface area contributed by atoms with Crippen molar-refractivity contribution in [1.29, 1.82) is 0 Å². The highest BCUT2D eigenvalue weighted by molar-refractivity contribution is 5.84. The van der Waals surface area contributed by atoms with Crippen LogP contribution in [-0.4, -0.2) is 0 Å². The summed E-state index contributed by atoms with van der Waals surface area (Å²) in [7, 11) is 4.35. The van der Waals surface area contributed by atoms with E-state index < -0.39 is 0 Å². The molecule has 0 radical (unpaired) electrons. The van der Waals surface area contributed by atoms with Gasteiger partial charge in [-0.25, -0.2) is 9.13 Å². The average molecular weight is 668 g/mol. The van der Waals surface area contributed by atoms with E-state index in [4.69, 9.17) is 0 Å². The second kappa shape index (κ2) is 25.9. The molecule has 0 N–H and O–H groups in total. The first kappa shape index (κ1) is 41.9. The van der Waals surface area contributed by atoms with Crippen LogP contribution in [0.4, 0.5) is 0 Å². The number of rotatable bonds is 20. The molecule has 2 aromatic heterocycles. The zero-order valence-electron chi connectivity index (χ0n) is 29.7. The molecule has 2 nitrogen and oxygen atoms in total. The molecular formula is C42H64Cl2N2. The Kier molecular flexibility index (Phi) is 23.5. The van der Waals surface area contributed by atoms with Gasteiger partial charge in [-0.15, -0.1) is 0 Å². The Bertz CT molecular complexity index is 1230. The van der Waals surface area contributed by atoms with Crippen molar-refractivity contribution >= 4 is 21.5 Å². The van der Waals surface area contributed by atoms with Crippen LogP contribution >= 0.6 is 0 Å². The molecule has 46 heavy (non-hydrogen) atoms. The van der Waals surface area contributed by atoms with E-state index in [0.29, 0.717) is 0 Å². The van der Waals surface area contributed by atoms with E-state index in [0.717, 1.165) is 0 Å². The maximum atomic E-state index is 2.30. The molecule has 2 heterocycles. The summed E-state index contributed by atoms with van der Waals surface area (Å²) in [5.41, 5.74) is 2.97. The Labute approximate surface area is 295 Å². The Balaban J connectivity index is 0.000000441. The number of aromatic nitrogens is 2. The Hall–Kier alpha value is -2.16. The van der Waals surface area contributed by atoms with Crippen LogP contribution in [0.5, 0.6) is 0 Å². The first-order chi connectivity index (χ1) is 21.7. The minimum Gasteiger partial charge on any atom is -1.00 e. The predicted molar refractivity (Wildman–Crippen MR) is 192 cm³/mol. The Morgan fingerprint density at radius 1 is 0.391 bits per heavy atom. The monoisotopic (exact) mass is 666 g/mol. The minimum atomic E-state index is 0. The highest BCUT2D eigenvalue weighted by atomic mass is 35.5. The van der Waals surface area contributed by atoms with Gasteiger partial charge in [0.05, 0.1) is 0 Å². The largest absolute Gasteiger partial charge is 1.00 e. The molecule has 2 aromatic carbocycles. The fraction of sp³-hybridized carbons (Fsp3) is 0.571. The molecule has 0 spiro atoms. The number of unbranched alkanes of at least 4 members (excludes halogenated alkanes) is 16. The van der Waals surface area contributed by atoms with Gasteiger partial charge >= 0.3 is 0 Å². The van der Waals surface area contributed by atoms with Crippen LogP contribution < -0.4 is 33.9 Å². The fourth-order valence-electron chi connectivity index (χ4n) is 6.58. The summed E-state index contributed by atoms with van der Waals surface area (Å²) < 4.78 is 4.60. The predicted octanol–water partition coefficient (Wildman–Crippen LogP) is 5.48. The molecule has 0 aliphatic heterocycles. The summed E-state index contributed by atoms with van der Waals surface area (Å²) in [6.45, 7) is 4.57. The number of hydrogen-bond acceptors (Lipinski definition) is 0. The van der Waals surface area contributed by atoms with Crippen LogP contribution in [0.2, 0.25) is 0 Å². The van der Waals surface area contributed by atoms with Crippen LogP contribution in [0.3, 0.4) is 0 Å². The van der Waals surface area contributed by atoms with Crippen LogP contribution in [0.25, 0.3) is 21.5 Å². The minimum absolute atomic E-state index is 0. The lowest BCUT2D eigenvalue weighted by Gasteiger charge is -2.05. The van der Waals surface area contributed by atoms with Gasteiger partial charge < -0.3 is 24.8 Å².